The molecule has 0 saturated carbocycles. The summed E-state index contributed by atoms with van der Waals surface area (Å²) in [4.78, 5) is 21.4. The standard InChI is InChI=1S/C21H21N5O/c1-13-6-8-16(9-7-13)24-19(27)11-10-17-14(2)23-21-18-5-4-12-22-20(18)25-26(21)15(17)3/h4-9,12H,10-11H2,1-3H3,(H,24,27). The van der Waals surface area contributed by atoms with E-state index in [0.29, 0.717) is 18.5 Å². The minimum atomic E-state index is -0.00922. The van der Waals surface area contributed by atoms with Gasteiger partial charge in [0.05, 0.1) is 5.39 Å². The lowest BCUT2D eigenvalue weighted by atomic mass is 10.1. The third-order valence-corrected chi connectivity index (χ3v) is 4.83. The summed E-state index contributed by atoms with van der Waals surface area (Å²) in [7, 11) is 0. The van der Waals surface area contributed by atoms with Crippen molar-refractivity contribution in [2.24, 2.45) is 0 Å². The van der Waals surface area contributed by atoms with Crippen molar-refractivity contribution < 1.29 is 4.79 Å². The summed E-state index contributed by atoms with van der Waals surface area (Å²) in [6.45, 7) is 6.02. The molecular weight excluding hydrogens is 338 g/mol. The molecule has 4 rings (SSSR count). The third kappa shape index (κ3) is 3.26. The van der Waals surface area contributed by atoms with Gasteiger partial charge >= 0.3 is 0 Å². The first-order chi connectivity index (χ1) is 13.0. The highest BCUT2D eigenvalue weighted by atomic mass is 16.1. The molecule has 0 saturated heterocycles. The second kappa shape index (κ2) is 6.79. The zero-order chi connectivity index (χ0) is 19.0. The molecule has 1 N–H and O–H groups in total. The molecule has 0 atom stereocenters. The predicted octanol–water partition coefficient (Wildman–Crippen LogP) is 3.77. The molecule has 3 aromatic heterocycles. The Morgan fingerprint density at radius 1 is 1.11 bits per heavy atom. The molecule has 0 fully saturated rings. The van der Waals surface area contributed by atoms with Gasteiger partial charge in [-0.1, -0.05) is 17.7 Å². The van der Waals surface area contributed by atoms with E-state index in [0.717, 1.165) is 33.7 Å². The monoisotopic (exact) mass is 359 g/mol. The van der Waals surface area contributed by atoms with Crippen molar-refractivity contribution in [3.05, 3.63) is 65.1 Å². The Bertz CT molecular complexity index is 1140. The predicted molar refractivity (Wildman–Crippen MR) is 106 cm³/mol. The van der Waals surface area contributed by atoms with Crippen LogP contribution in [0, 0.1) is 20.8 Å². The molecule has 3 heterocycles. The lowest BCUT2D eigenvalue weighted by molar-refractivity contribution is -0.116. The fraction of sp³-hybridized carbons (Fsp3) is 0.238. The van der Waals surface area contributed by atoms with Gasteiger partial charge < -0.3 is 5.32 Å². The van der Waals surface area contributed by atoms with Gasteiger partial charge in [0.2, 0.25) is 5.91 Å². The van der Waals surface area contributed by atoms with Gasteiger partial charge in [-0.2, -0.15) is 0 Å². The van der Waals surface area contributed by atoms with Crippen molar-refractivity contribution in [3.8, 4) is 0 Å². The molecule has 1 amide bonds. The number of carbonyl (C=O) groups is 1. The van der Waals surface area contributed by atoms with E-state index < -0.39 is 0 Å². The smallest absolute Gasteiger partial charge is 0.224 e. The van der Waals surface area contributed by atoms with E-state index in [9.17, 15) is 4.79 Å². The quantitative estimate of drug-likeness (QED) is 0.602. The van der Waals surface area contributed by atoms with Gasteiger partial charge in [0.25, 0.3) is 0 Å². The molecule has 4 aromatic rings. The largest absolute Gasteiger partial charge is 0.326 e. The van der Waals surface area contributed by atoms with E-state index in [4.69, 9.17) is 4.98 Å². The number of anilines is 1. The molecule has 0 bridgehead atoms. The summed E-state index contributed by atoms with van der Waals surface area (Å²) in [6, 6.07) is 11.7. The van der Waals surface area contributed by atoms with Crippen molar-refractivity contribution in [1.29, 1.82) is 0 Å². The summed E-state index contributed by atoms with van der Waals surface area (Å²) in [6.07, 6.45) is 2.73. The minimum Gasteiger partial charge on any atom is -0.326 e. The van der Waals surface area contributed by atoms with Gasteiger partial charge in [0, 0.05) is 29.7 Å². The highest BCUT2D eigenvalue weighted by Gasteiger charge is 2.15. The van der Waals surface area contributed by atoms with E-state index in [1.165, 1.54) is 5.56 Å². The first-order valence-corrected chi connectivity index (χ1v) is 8.99. The Balaban J connectivity index is 1.57. The molecule has 0 aliphatic carbocycles. The molecular formula is C21H21N5O. The van der Waals surface area contributed by atoms with Crippen molar-refractivity contribution in [1.82, 2.24) is 19.6 Å². The van der Waals surface area contributed by atoms with Crippen molar-refractivity contribution in [2.75, 3.05) is 5.32 Å². The Kier molecular flexibility index (Phi) is 4.32. The number of aryl methyl sites for hydroxylation is 3. The summed E-state index contributed by atoms with van der Waals surface area (Å²) in [5.41, 5.74) is 6.45. The molecule has 0 aliphatic rings. The van der Waals surface area contributed by atoms with Crippen LogP contribution in [0.15, 0.2) is 42.6 Å². The van der Waals surface area contributed by atoms with Crippen LogP contribution in [0.25, 0.3) is 16.7 Å². The number of hydrogen-bond donors (Lipinski definition) is 1. The SMILES string of the molecule is Cc1ccc(NC(=O)CCc2c(C)nc3c4cccnc4nn3c2C)cc1. The van der Waals surface area contributed by atoms with E-state index in [-0.39, 0.29) is 5.91 Å². The van der Waals surface area contributed by atoms with Crippen molar-refractivity contribution in [2.45, 2.75) is 33.6 Å². The van der Waals surface area contributed by atoms with Gasteiger partial charge in [-0.3, -0.25) is 4.79 Å². The highest BCUT2D eigenvalue weighted by molar-refractivity contribution is 5.91. The summed E-state index contributed by atoms with van der Waals surface area (Å²) in [5.74, 6) is -0.00922. The molecule has 0 aliphatic heterocycles. The van der Waals surface area contributed by atoms with Gasteiger partial charge in [-0.05, 0) is 57.0 Å². The maximum absolute atomic E-state index is 12.3. The summed E-state index contributed by atoms with van der Waals surface area (Å²) in [5, 5.41) is 8.44. The van der Waals surface area contributed by atoms with Crippen molar-refractivity contribution in [3.63, 3.8) is 0 Å². The number of amides is 1. The number of rotatable bonds is 4. The molecule has 0 unspecified atom stereocenters. The first kappa shape index (κ1) is 17.1. The first-order valence-electron chi connectivity index (χ1n) is 8.99. The van der Waals surface area contributed by atoms with Gasteiger partial charge in [0.1, 0.15) is 0 Å². The average Bonchev–Trinajstić information content (AvgIpc) is 3.02. The van der Waals surface area contributed by atoms with Crippen LogP contribution in [-0.2, 0) is 11.2 Å². The van der Waals surface area contributed by atoms with Crippen LogP contribution in [0.4, 0.5) is 5.69 Å². The molecule has 0 radical (unpaired) electrons. The molecule has 6 nitrogen and oxygen atoms in total. The second-order valence-electron chi connectivity index (χ2n) is 6.79. The fourth-order valence-corrected chi connectivity index (χ4v) is 3.33. The highest BCUT2D eigenvalue weighted by Crippen LogP contribution is 2.22. The van der Waals surface area contributed by atoms with Crippen LogP contribution in [0.1, 0.15) is 28.9 Å². The lowest BCUT2D eigenvalue weighted by Crippen LogP contribution is -2.14. The number of pyridine rings is 1. The summed E-state index contributed by atoms with van der Waals surface area (Å²) >= 11 is 0. The second-order valence-corrected chi connectivity index (χ2v) is 6.79. The Hall–Kier alpha value is -3.28. The van der Waals surface area contributed by atoms with Gasteiger partial charge in [-0.15, -0.1) is 5.10 Å². The van der Waals surface area contributed by atoms with E-state index in [1.54, 1.807) is 6.20 Å². The van der Waals surface area contributed by atoms with Crippen LogP contribution in [-0.4, -0.2) is 25.5 Å². The van der Waals surface area contributed by atoms with Crippen LogP contribution in [0.2, 0.25) is 0 Å². The van der Waals surface area contributed by atoms with Crippen molar-refractivity contribution >= 4 is 28.3 Å². The number of fused-ring (bicyclic) bond motifs is 3. The zero-order valence-corrected chi connectivity index (χ0v) is 15.7. The van der Waals surface area contributed by atoms with E-state index in [2.05, 4.69) is 15.4 Å². The van der Waals surface area contributed by atoms with Gasteiger partial charge in [0.15, 0.2) is 11.3 Å². The van der Waals surface area contributed by atoms with Crippen LogP contribution >= 0.6 is 0 Å². The van der Waals surface area contributed by atoms with Gasteiger partial charge in [-0.25, -0.2) is 14.5 Å². The molecule has 1 aromatic carbocycles. The molecule has 0 spiro atoms. The fourth-order valence-electron chi connectivity index (χ4n) is 3.33. The number of aromatic nitrogens is 4. The topological polar surface area (TPSA) is 72.2 Å². The Labute approximate surface area is 157 Å². The van der Waals surface area contributed by atoms with Crippen LogP contribution in [0.3, 0.4) is 0 Å². The molecule has 27 heavy (non-hydrogen) atoms. The summed E-state index contributed by atoms with van der Waals surface area (Å²) < 4.78 is 1.83. The minimum absolute atomic E-state index is 0.00922. The Morgan fingerprint density at radius 2 is 1.89 bits per heavy atom. The number of nitrogens with one attached hydrogen (secondary N) is 1. The molecule has 6 heteroatoms. The molecule has 136 valence electrons. The zero-order valence-electron chi connectivity index (χ0n) is 15.7. The number of benzene rings is 1. The average molecular weight is 359 g/mol. The lowest BCUT2D eigenvalue weighted by Gasteiger charge is -2.11. The number of carbonyl (C=O) groups excluding carboxylic acids is 1. The normalized spacial score (nSPS) is 11.2. The third-order valence-electron chi connectivity index (χ3n) is 4.83. The van der Waals surface area contributed by atoms with Crippen LogP contribution < -0.4 is 5.32 Å². The Morgan fingerprint density at radius 3 is 2.67 bits per heavy atom. The van der Waals surface area contributed by atoms with E-state index in [1.807, 2.05) is 61.7 Å². The maximum Gasteiger partial charge on any atom is 0.224 e. The number of hydrogen-bond acceptors (Lipinski definition) is 4. The maximum atomic E-state index is 12.3. The number of nitrogens with zero attached hydrogens (tertiary/aromatic N) is 4. The van der Waals surface area contributed by atoms with E-state index >= 15 is 0 Å². The van der Waals surface area contributed by atoms with Crippen LogP contribution in [0.5, 0.6) is 0 Å².